The van der Waals surface area contributed by atoms with Crippen LogP contribution >= 0.6 is 11.6 Å². The summed E-state index contributed by atoms with van der Waals surface area (Å²) < 4.78 is 5.24. The molecule has 2 unspecified atom stereocenters. The first kappa shape index (κ1) is 12.8. The first-order valence-electron chi connectivity index (χ1n) is 5.60. The molecule has 2 atom stereocenters. The molecule has 0 aliphatic heterocycles. The van der Waals surface area contributed by atoms with Gasteiger partial charge in [-0.15, -0.1) is 11.6 Å². The summed E-state index contributed by atoms with van der Waals surface area (Å²) in [5, 5.41) is 2.99. The minimum atomic E-state index is -0.0225. The molecule has 1 amide bonds. The standard InChI is InChI=1S/C11H20ClNO2/c1-8(2)15-7-11(14)13-10-5-3-4-9(10)6-12/h8-10H,3-7H2,1-2H3,(H,13,14). The molecule has 1 N–H and O–H groups in total. The fourth-order valence-corrected chi connectivity index (χ4v) is 2.27. The molecule has 1 aliphatic rings. The van der Waals surface area contributed by atoms with E-state index >= 15 is 0 Å². The van der Waals surface area contributed by atoms with Gasteiger partial charge in [0, 0.05) is 11.9 Å². The lowest BCUT2D eigenvalue weighted by molar-refractivity contribution is -0.128. The number of carbonyl (C=O) groups is 1. The molecule has 0 aromatic carbocycles. The molecule has 88 valence electrons. The molecule has 3 nitrogen and oxygen atoms in total. The highest BCUT2D eigenvalue weighted by atomic mass is 35.5. The highest BCUT2D eigenvalue weighted by Crippen LogP contribution is 2.26. The van der Waals surface area contributed by atoms with Crippen molar-refractivity contribution < 1.29 is 9.53 Å². The summed E-state index contributed by atoms with van der Waals surface area (Å²) >= 11 is 5.83. The van der Waals surface area contributed by atoms with Crippen LogP contribution in [-0.2, 0) is 9.53 Å². The molecule has 4 heteroatoms. The third kappa shape index (κ3) is 4.39. The first-order valence-corrected chi connectivity index (χ1v) is 6.14. The van der Waals surface area contributed by atoms with Crippen molar-refractivity contribution in [2.45, 2.75) is 45.3 Å². The van der Waals surface area contributed by atoms with Gasteiger partial charge in [-0.25, -0.2) is 0 Å². The Morgan fingerprint density at radius 3 is 2.87 bits per heavy atom. The summed E-state index contributed by atoms with van der Waals surface area (Å²) in [5.74, 6) is 1.05. The highest BCUT2D eigenvalue weighted by molar-refractivity contribution is 6.18. The van der Waals surface area contributed by atoms with Gasteiger partial charge in [-0.1, -0.05) is 6.42 Å². The van der Waals surface area contributed by atoms with E-state index in [9.17, 15) is 4.79 Å². The van der Waals surface area contributed by atoms with Gasteiger partial charge in [0.1, 0.15) is 6.61 Å². The Balaban J connectivity index is 2.24. The van der Waals surface area contributed by atoms with Crippen molar-refractivity contribution in [1.29, 1.82) is 0 Å². The van der Waals surface area contributed by atoms with Crippen molar-refractivity contribution in [3.05, 3.63) is 0 Å². The number of hydrogen-bond acceptors (Lipinski definition) is 2. The highest BCUT2D eigenvalue weighted by Gasteiger charge is 2.27. The van der Waals surface area contributed by atoms with Crippen molar-refractivity contribution in [1.82, 2.24) is 5.32 Å². The van der Waals surface area contributed by atoms with Gasteiger partial charge in [0.25, 0.3) is 0 Å². The van der Waals surface area contributed by atoms with E-state index in [1.807, 2.05) is 13.8 Å². The van der Waals surface area contributed by atoms with E-state index in [1.165, 1.54) is 0 Å². The summed E-state index contributed by atoms with van der Waals surface area (Å²) in [6, 6.07) is 0.255. The second kappa shape index (κ2) is 6.33. The van der Waals surface area contributed by atoms with Crippen LogP contribution in [0.1, 0.15) is 33.1 Å². The van der Waals surface area contributed by atoms with E-state index in [0.717, 1.165) is 19.3 Å². The van der Waals surface area contributed by atoms with Gasteiger partial charge >= 0.3 is 0 Å². The Morgan fingerprint density at radius 2 is 2.27 bits per heavy atom. The molecule has 1 fully saturated rings. The molecule has 15 heavy (non-hydrogen) atoms. The van der Waals surface area contributed by atoms with Crippen molar-refractivity contribution in [2.75, 3.05) is 12.5 Å². The van der Waals surface area contributed by atoms with Gasteiger partial charge in [-0.05, 0) is 32.6 Å². The summed E-state index contributed by atoms with van der Waals surface area (Å²) in [5.41, 5.74) is 0. The van der Waals surface area contributed by atoms with Crippen molar-refractivity contribution >= 4 is 17.5 Å². The Morgan fingerprint density at radius 1 is 1.53 bits per heavy atom. The predicted octanol–water partition coefficient (Wildman–Crippen LogP) is 1.94. The molecule has 0 bridgehead atoms. The van der Waals surface area contributed by atoms with Crippen molar-refractivity contribution in [3.63, 3.8) is 0 Å². The molecule has 0 heterocycles. The van der Waals surface area contributed by atoms with E-state index in [0.29, 0.717) is 11.8 Å². The summed E-state index contributed by atoms with van der Waals surface area (Å²) in [6.07, 6.45) is 3.43. The lowest BCUT2D eigenvalue weighted by Gasteiger charge is -2.19. The van der Waals surface area contributed by atoms with Gasteiger partial charge < -0.3 is 10.1 Å². The van der Waals surface area contributed by atoms with Crippen LogP contribution in [0.15, 0.2) is 0 Å². The van der Waals surface area contributed by atoms with Crippen molar-refractivity contribution in [2.24, 2.45) is 5.92 Å². The molecule has 1 rings (SSSR count). The zero-order valence-corrected chi connectivity index (χ0v) is 10.2. The second-order valence-electron chi connectivity index (χ2n) is 4.38. The average molecular weight is 234 g/mol. The summed E-state index contributed by atoms with van der Waals surface area (Å²) in [6.45, 7) is 4.00. The Bertz CT molecular complexity index is 209. The average Bonchev–Trinajstić information content (AvgIpc) is 2.62. The topological polar surface area (TPSA) is 38.3 Å². The quantitative estimate of drug-likeness (QED) is 0.737. The summed E-state index contributed by atoms with van der Waals surface area (Å²) in [7, 11) is 0. The lowest BCUT2D eigenvalue weighted by atomic mass is 10.1. The minimum absolute atomic E-state index is 0.0225. The van der Waals surface area contributed by atoms with Gasteiger partial charge in [0.15, 0.2) is 0 Å². The van der Waals surface area contributed by atoms with Crippen LogP contribution in [0.2, 0.25) is 0 Å². The lowest BCUT2D eigenvalue weighted by Crippen LogP contribution is -2.40. The smallest absolute Gasteiger partial charge is 0.246 e. The van der Waals surface area contributed by atoms with Gasteiger partial charge in [0.2, 0.25) is 5.91 Å². The van der Waals surface area contributed by atoms with E-state index in [4.69, 9.17) is 16.3 Å². The fourth-order valence-electron chi connectivity index (χ4n) is 1.90. The third-order valence-electron chi connectivity index (χ3n) is 2.75. The van der Waals surface area contributed by atoms with Crippen LogP contribution in [0.25, 0.3) is 0 Å². The van der Waals surface area contributed by atoms with Gasteiger partial charge in [-0.3, -0.25) is 4.79 Å². The first-order chi connectivity index (χ1) is 7.13. The zero-order valence-electron chi connectivity index (χ0n) is 9.46. The number of hydrogen-bond donors (Lipinski definition) is 1. The third-order valence-corrected chi connectivity index (χ3v) is 3.15. The Labute approximate surface area is 96.5 Å². The van der Waals surface area contributed by atoms with E-state index in [1.54, 1.807) is 0 Å². The predicted molar refractivity (Wildman–Crippen MR) is 61.1 cm³/mol. The molecule has 0 spiro atoms. The molecule has 1 saturated carbocycles. The second-order valence-corrected chi connectivity index (χ2v) is 4.69. The number of nitrogens with one attached hydrogen (secondary N) is 1. The van der Waals surface area contributed by atoms with Crippen LogP contribution in [0.3, 0.4) is 0 Å². The van der Waals surface area contributed by atoms with Crippen LogP contribution in [0, 0.1) is 5.92 Å². The molecular formula is C11H20ClNO2. The number of rotatable bonds is 5. The number of amides is 1. The molecular weight excluding hydrogens is 214 g/mol. The molecule has 0 saturated heterocycles. The van der Waals surface area contributed by atoms with Crippen LogP contribution in [0.4, 0.5) is 0 Å². The van der Waals surface area contributed by atoms with Crippen LogP contribution in [0.5, 0.6) is 0 Å². The van der Waals surface area contributed by atoms with E-state index in [2.05, 4.69) is 5.32 Å². The van der Waals surface area contributed by atoms with Gasteiger partial charge in [0.05, 0.1) is 6.10 Å². The SMILES string of the molecule is CC(C)OCC(=O)NC1CCCC1CCl. The maximum absolute atomic E-state index is 11.5. The number of alkyl halides is 1. The normalized spacial score (nSPS) is 25.9. The Kier molecular flexibility index (Phi) is 5.40. The molecule has 0 aromatic rings. The number of carbonyl (C=O) groups excluding carboxylic acids is 1. The fraction of sp³-hybridized carbons (Fsp3) is 0.909. The Hall–Kier alpha value is -0.280. The molecule has 1 aliphatic carbocycles. The molecule has 0 aromatic heterocycles. The van der Waals surface area contributed by atoms with Gasteiger partial charge in [-0.2, -0.15) is 0 Å². The monoisotopic (exact) mass is 233 g/mol. The zero-order chi connectivity index (χ0) is 11.3. The number of ether oxygens (including phenoxy) is 1. The maximum atomic E-state index is 11.5. The summed E-state index contributed by atoms with van der Waals surface area (Å²) in [4.78, 5) is 11.5. The van der Waals surface area contributed by atoms with Crippen LogP contribution < -0.4 is 5.32 Å². The molecule has 0 radical (unpaired) electrons. The largest absolute Gasteiger partial charge is 0.369 e. The van der Waals surface area contributed by atoms with Crippen molar-refractivity contribution in [3.8, 4) is 0 Å². The van der Waals surface area contributed by atoms with Crippen LogP contribution in [-0.4, -0.2) is 30.5 Å². The van der Waals surface area contributed by atoms with E-state index < -0.39 is 0 Å². The van der Waals surface area contributed by atoms with E-state index in [-0.39, 0.29) is 24.7 Å². The minimum Gasteiger partial charge on any atom is -0.369 e. The maximum Gasteiger partial charge on any atom is 0.246 e. The number of halogens is 1.